The summed E-state index contributed by atoms with van der Waals surface area (Å²) in [7, 11) is 0. The largest absolute Gasteiger partial charge is 0.457 e. The first-order valence-electron chi connectivity index (χ1n) is 11.5. The lowest BCUT2D eigenvalue weighted by atomic mass is 10.2. The average molecular weight is 501 g/mol. The Morgan fingerprint density at radius 2 is 1.50 bits per heavy atom. The van der Waals surface area contributed by atoms with Crippen molar-refractivity contribution >= 4 is 35.0 Å². The molecule has 0 saturated carbocycles. The van der Waals surface area contributed by atoms with Crippen LogP contribution in [0.4, 0.5) is 15.8 Å². The van der Waals surface area contributed by atoms with Gasteiger partial charge in [0.2, 0.25) is 5.91 Å². The maximum absolute atomic E-state index is 13.9. The van der Waals surface area contributed by atoms with Gasteiger partial charge in [-0.3, -0.25) is 9.59 Å². The molecule has 0 saturated heterocycles. The second kappa shape index (κ2) is 12.0. The summed E-state index contributed by atoms with van der Waals surface area (Å²) in [6.07, 6.45) is 0.609. The van der Waals surface area contributed by atoms with Crippen LogP contribution in [-0.2, 0) is 4.79 Å². The molecular weight excluding hydrogens is 475 g/mol. The first-order chi connectivity index (χ1) is 17.5. The third-order valence-corrected chi connectivity index (χ3v) is 6.61. The summed E-state index contributed by atoms with van der Waals surface area (Å²) in [5.74, 6) is 0.182. The van der Waals surface area contributed by atoms with Crippen molar-refractivity contribution in [1.29, 1.82) is 0 Å². The molecule has 0 heterocycles. The number of rotatable bonds is 9. The smallest absolute Gasteiger partial charge is 0.258 e. The van der Waals surface area contributed by atoms with Crippen LogP contribution in [0, 0.1) is 5.82 Å². The second-order valence-electron chi connectivity index (χ2n) is 7.91. The number of ether oxygens (including phenoxy) is 1. The van der Waals surface area contributed by atoms with Gasteiger partial charge in [-0.2, -0.15) is 0 Å². The molecule has 0 radical (unpaired) electrons. The van der Waals surface area contributed by atoms with E-state index in [9.17, 15) is 14.0 Å². The Kier molecular flexibility index (Phi) is 8.36. The quantitative estimate of drug-likeness (QED) is 0.235. The summed E-state index contributed by atoms with van der Waals surface area (Å²) in [6.45, 7) is 1.94. The lowest BCUT2D eigenvalue weighted by molar-refractivity contribution is -0.115. The molecule has 0 aromatic heterocycles. The maximum Gasteiger partial charge on any atom is 0.258 e. The summed E-state index contributed by atoms with van der Waals surface area (Å²) < 4.78 is 19.7. The Labute approximate surface area is 213 Å². The number of halogens is 1. The van der Waals surface area contributed by atoms with E-state index in [0.717, 1.165) is 10.6 Å². The first kappa shape index (κ1) is 25.0. The van der Waals surface area contributed by atoms with Gasteiger partial charge >= 0.3 is 0 Å². The van der Waals surface area contributed by atoms with E-state index < -0.39 is 11.7 Å². The lowest BCUT2D eigenvalue weighted by Crippen LogP contribution is -2.24. The Balaban J connectivity index is 1.36. The Morgan fingerprint density at radius 3 is 2.22 bits per heavy atom. The molecule has 2 amide bonds. The lowest BCUT2D eigenvalue weighted by Gasteiger charge is -2.16. The zero-order valence-corrected chi connectivity index (χ0v) is 20.4. The van der Waals surface area contributed by atoms with E-state index in [-0.39, 0.29) is 16.7 Å². The van der Waals surface area contributed by atoms with Gasteiger partial charge in [0, 0.05) is 16.3 Å². The van der Waals surface area contributed by atoms with Crippen LogP contribution < -0.4 is 15.4 Å². The molecule has 4 rings (SSSR count). The van der Waals surface area contributed by atoms with Gasteiger partial charge < -0.3 is 15.4 Å². The highest BCUT2D eigenvalue weighted by Gasteiger charge is 2.19. The highest BCUT2D eigenvalue weighted by Crippen LogP contribution is 2.29. The SMILES string of the molecule is CCC(Sc1cccc(NC(=O)c2ccccc2F)c1)C(=O)Nc1ccc(Oc2ccccc2)cc1. The highest BCUT2D eigenvalue weighted by molar-refractivity contribution is 8.00. The van der Waals surface area contributed by atoms with Crippen LogP contribution in [0.2, 0.25) is 0 Å². The van der Waals surface area contributed by atoms with E-state index in [1.54, 1.807) is 48.5 Å². The molecule has 0 aliphatic carbocycles. The molecule has 4 aromatic carbocycles. The first-order valence-corrected chi connectivity index (χ1v) is 12.4. The molecule has 7 heteroatoms. The molecule has 1 unspecified atom stereocenters. The third kappa shape index (κ3) is 6.73. The molecule has 0 aliphatic heterocycles. The monoisotopic (exact) mass is 500 g/mol. The van der Waals surface area contributed by atoms with Crippen LogP contribution in [0.1, 0.15) is 23.7 Å². The minimum Gasteiger partial charge on any atom is -0.457 e. The molecule has 4 aromatic rings. The number of anilines is 2. The van der Waals surface area contributed by atoms with Crippen molar-refractivity contribution in [2.75, 3.05) is 10.6 Å². The molecule has 0 spiro atoms. The van der Waals surface area contributed by atoms with Gasteiger partial charge in [-0.1, -0.05) is 43.3 Å². The predicted octanol–water partition coefficient (Wildman–Crippen LogP) is 7.38. The topological polar surface area (TPSA) is 67.4 Å². The second-order valence-corrected chi connectivity index (χ2v) is 9.18. The van der Waals surface area contributed by atoms with Crippen LogP contribution in [-0.4, -0.2) is 17.1 Å². The number of thioether (sulfide) groups is 1. The van der Waals surface area contributed by atoms with Crippen molar-refractivity contribution in [3.63, 3.8) is 0 Å². The summed E-state index contributed by atoms with van der Waals surface area (Å²) in [6, 6.07) is 29.7. The van der Waals surface area contributed by atoms with E-state index in [2.05, 4.69) is 10.6 Å². The number of hydrogen-bond donors (Lipinski definition) is 2. The summed E-state index contributed by atoms with van der Waals surface area (Å²) in [4.78, 5) is 26.2. The van der Waals surface area contributed by atoms with Gasteiger partial charge in [-0.25, -0.2) is 4.39 Å². The third-order valence-electron chi connectivity index (χ3n) is 5.25. The zero-order chi connectivity index (χ0) is 25.3. The molecule has 5 nitrogen and oxygen atoms in total. The van der Waals surface area contributed by atoms with Gasteiger partial charge in [-0.15, -0.1) is 11.8 Å². The van der Waals surface area contributed by atoms with Gasteiger partial charge in [0.15, 0.2) is 0 Å². The number of carbonyl (C=O) groups excluding carboxylic acids is 2. The van der Waals surface area contributed by atoms with Crippen molar-refractivity contribution in [1.82, 2.24) is 0 Å². The van der Waals surface area contributed by atoms with Crippen molar-refractivity contribution in [3.05, 3.63) is 115 Å². The van der Waals surface area contributed by atoms with E-state index in [1.165, 1.54) is 30.0 Å². The van der Waals surface area contributed by atoms with E-state index in [4.69, 9.17) is 4.74 Å². The summed E-state index contributed by atoms with van der Waals surface area (Å²) in [5, 5.41) is 5.33. The fourth-order valence-corrected chi connectivity index (χ4v) is 4.44. The van der Waals surface area contributed by atoms with Crippen LogP contribution in [0.5, 0.6) is 11.5 Å². The molecule has 0 fully saturated rings. The molecule has 0 aliphatic rings. The van der Waals surface area contributed by atoms with E-state index >= 15 is 0 Å². The molecule has 1 atom stereocenters. The van der Waals surface area contributed by atoms with Gasteiger partial charge in [0.05, 0.1) is 10.8 Å². The van der Waals surface area contributed by atoms with Crippen molar-refractivity contribution in [3.8, 4) is 11.5 Å². The van der Waals surface area contributed by atoms with Crippen LogP contribution in [0.3, 0.4) is 0 Å². The zero-order valence-electron chi connectivity index (χ0n) is 19.6. The van der Waals surface area contributed by atoms with Crippen LogP contribution >= 0.6 is 11.8 Å². The highest BCUT2D eigenvalue weighted by atomic mass is 32.2. The molecule has 2 N–H and O–H groups in total. The van der Waals surface area contributed by atoms with Crippen molar-refractivity contribution < 1.29 is 18.7 Å². The van der Waals surface area contributed by atoms with Crippen LogP contribution in [0.15, 0.2) is 108 Å². The number of carbonyl (C=O) groups is 2. The number of benzene rings is 4. The summed E-state index contributed by atoms with van der Waals surface area (Å²) in [5.41, 5.74) is 1.17. The Hall–Kier alpha value is -4.10. The van der Waals surface area contributed by atoms with E-state index in [0.29, 0.717) is 23.5 Å². The minimum absolute atomic E-state index is 0.0263. The number of nitrogens with one attached hydrogen (secondary N) is 2. The number of hydrogen-bond acceptors (Lipinski definition) is 4. The fourth-order valence-electron chi connectivity index (χ4n) is 3.43. The van der Waals surface area contributed by atoms with Gasteiger partial charge in [-0.05, 0) is 73.2 Å². The molecule has 182 valence electrons. The number of para-hydroxylation sites is 1. The van der Waals surface area contributed by atoms with Gasteiger partial charge in [0.25, 0.3) is 5.91 Å². The molecule has 36 heavy (non-hydrogen) atoms. The Bertz CT molecular complexity index is 1330. The standard InChI is InChI=1S/C29H25FN2O3S/c1-2-27(29(34)31-20-15-17-23(18-16-20)35-22-10-4-3-5-11-22)36-24-12-8-9-21(19-24)32-28(33)25-13-6-7-14-26(25)30/h3-19,27H,2H2,1H3,(H,31,34)(H,32,33). The predicted molar refractivity (Wildman–Crippen MR) is 142 cm³/mol. The fraction of sp³-hybridized carbons (Fsp3) is 0.103. The van der Waals surface area contributed by atoms with Crippen molar-refractivity contribution in [2.24, 2.45) is 0 Å². The average Bonchev–Trinajstić information content (AvgIpc) is 2.89. The maximum atomic E-state index is 13.9. The van der Waals surface area contributed by atoms with E-state index in [1.807, 2.05) is 43.3 Å². The van der Waals surface area contributed by atoms with Crippen LogP contribution in [0.25, 0.3) is 0 Å². The summed E-state index contributed by atoms with van der Waals surface area (Å²) >= 11 is 1.40. The van der Waals surface area contributed by atoms with Crippen molar-refractivity contribution in [2.45, 2.75) is 23.5 Å². The van der Waals surface area contributed by atoms with Gasteiger partial charge in [0.1, 0.15) is 17.3 Å². The number of amides is 2. The normalized spacial score (nSPS) is 11.4. The molecule has 0 bridgehead atoms. The molecular formula is C29H25FN2O3S. The minimum atomic E-state index is -0.581. The Morgan fingerprint density at radius 1 is 0.806 bits per heavy atom.